The third-order valence-corrected chi connectivity index (χ3v) is 4.08. The molecule has 1 heterocycles. The van der Waals surface area contributed by atoms with Gasteiger partial charge < -0.3 is 20.1 Å². The Kier molecular flexibility index (Phi) is 7.13. The summed E-state index contributed by atoms with van der Waals surface area (Å²) >= 11 is 0. The van der Waals surface area contributed by atoms with Crippen molar-refractivity contribution in [2.75, 3.05) is 26.3 Å². The van der Waals surface area contributed by atoms with Crippen LogP contribution in [-0.4, -0.2) is 43.5 Å². The monoisotopic (exact) mass is 314 g/mol. The summed E-state index contributed by atoms with van der Waals surface area (Å²) in [5, 5.41) is 6.52. The first-order valence-corrected chi connectivity index (χ1v) is 8.41. The fourth-order valence-corrected chi connectivity index (χ4v) is 2.52. The molecular weight excluding hydrogens is 280 g/mol. The second-order valence-electron chi connectivity index (χ2n) is 7.98. The van der Waals surface area contributed by atoms with E-state index in [9.17, 15) is 4.79 Å². The minimum Gasteiger partial charge on any atom is -0.444 e. The molecule has 0 aromatic heterocycles. The van der Waals surface area contributed by atoms with Crippen LogP contribution in [0.1, 0.15) is 54.4 Å². The van der Waals surface area contributed by atoms with Crippen LogP contribution in [0.2, 0.25) is 0 Å². The van der Waals surface area contributed by atoms with Crippen LogP contribution in [-0.2, 0) is 9.47 Å². The molecule has 0 aliphatic carbocycles. The van der Waals surface area contributed by atoms with Crippen molar-refractivity contribution in [2.24, 2.45) is 11.8 Å². The highest BCUT2D eigenvalue weighted by Gasteiger charge is 2.28. The highest BCUT2D eigenvalue weighted by Crippen LogP contribution is 2.19. The number of ether oxygens (including phenoxy) is 2. The van der Waals surface area contributed by atoms with E-state index in [1.54, 1.807) is 0 Å². The van der Waals surface area contributed by atoms with Gasteiger partial charge >= 0.3 is 6.09 Å². The Bertz CT molecular complexity index is 344. The molecule has 1 saturated heterocycles. The van der Waals surface area contributed by atoms with Crippen LogP contribution in [0.3, 0.4) is 0 Å². The number of carbonyl (C=O) groups is 1. The number of carbonyl (C=O) groups excluding carboxylic acids is 1. The molecule has 1 rings (SSSR count). The lowest BCUT2D eigenvalue weighted by molar-refractivity contribution is 0.0255. The highest BCUT2D eigenvalue weighted by molar-refractivity contribution is 5.67. The van der Waals surface area contributed by atoms with E-state index in [1.807, 2.05) is 20.8 Å². The minimum atomic E-state index is -0.456. The quantitative estimate of drug-likeness (QED) is 0.791. The van der Waals surface area contributed by atoms with Gasteiger partial charge in [0.25, 0.3) is 0 Å². The third-order valence-electron chi connectivity index (χ3n) is 4.08. The zero-order valence-electron chi connectivity index (χ0n) is 15.1. The van der Waals surface area contributed by atoms with E-state index < -0.39 is 5.60 Å². The topological polar surface area (TPSA) is 59.6 Å². The van der Waals surface area contributed by atoms with E-state index in [-0.39, 0.29) is 11.6 Å². The summed E-state index contributed by atoms with van der Waals surface area (Å²) in [6.45, 7) is 15.3. The number of amides is 1. The summed E-state index contributed by atoms with van der Waals surface area (Å²) in [6.07, 6.45) is 1.90. The Morgan fingerprint density at radius 1 is 1.32 bits per heavy atom. The van der Waals surface area contributed by atoms with Crippen molar-refractivity contribution in [1.29, 1.82) is 0 Å². The molecule has 0 aromatic rings. The van der Waals surface area contributed by atoms with E-state index in [0.717, 1.165) is 32.6 Å². The maximum atomic E-state index is 11.8. The average molecular weight is 314 g/mol. The van der Waals surface area contributed by atoms with Crippen LogP contribution in [0.4, 0.5) is 4.79 Å². The second-order valence-corrected chi connectivity index (χ2v) is 7.98. The highest BCUT2D eigenvalue weighted by atomic mass is 16.6. The van der Waals surface area contributed by atoms with E-state index in [2.05, 4.69) is 31.4 Å². The summed E-state index contributed by atoms with van der Waals surface area (Å²) < 4.78 is 10.9. The molecule has 22 heavy (non-hydrogen) atoms. The summed E-state index contributed by atoms with van der Waals surface area (Å²) in [4.78, 5) is 11.8. The van der Waals surface area contributed by atoms with Gasteiger partial charge in [0.1, 0.15) is 5.60 Å². The summed E-state index contributed by atoms with van der Waals surface area (Å²) in [6, 6.07) is 0. The molecule has 1 amide bonds. The predicted molar refractivity (Wildman–Crippen MR) is 89.0 cm³/mol. The summed E-state index contributed by atoms with van der Waals surface area (Å²) in [7, 11) is 0. The number of rotatable bonds is 6. The predicted octanol–water partition coefficient (Wildman–Crippen LogP) is 2.94. The first kappa shape index (κ1) is 19.2. The lowest BCUT2D eigenvalue weighted by Crippen LogP contribution is -2.52. The Balaban J connectivity index is 2.40. The molecule has 5 heteroatoms. The van der Waals surface area contributed by atoms with Gasteiger partial charge in [0.05, 0.1) is 6.61 Å². The molecule has 0 saturated carbocycles. The lowest BCUT2D eigenvalue weighted by atomic mass is 9.91. The van der Waals surface area contributed by atoms with Crippen molar-refractivity contribution >= 4 is 6.09 Å². The molecule has 1 aliphatic rings. The molecule has 0 aromatic carbocycles. The number of alkyl carbamates (subject to hydrolysis) is 1. The molecular formula is C17H34N2O3. The Morgan fingerprint density at radius 3 is 2.50 bits per heavy atom. The SMILES string of the molecule is CC(C)C(CNC(=O)OC(C)(C)C)CNC1(C)CCCOC1. The van der Waals surface area contributed by atoms with Crippen LogP contribution in [0, 0.1) is 11.8 Å². The molecule has 1 fully saturated rings. The first-order chi connectivity index (χ1) is 10.1. The van der Waals surface area contributed by atoms with E-state index in [1.165, 1.54) is 0 Å². The van der Waals surface area contributed by atoms with Crippen molar-refractivity contribution in [3.8, 4) is 0 Å². The van der Waals surface area contributed by atoms with Crippen LogP contribution in [0.15, 0.2) is 0 Å². The van der Waals surface area contributed by atoms with Gasteiger partial charge in [-0.25, -0.2) is 4.79 Å². The van der Waals surface area contributed by atoms with Crippen molar-refractivity contribution in [3.63, 3.8) is 0 Å². The first-order valence-electron chi connectivity index (χ1n) is 8.41. The van der Waals surface area contributed by atoms with Crippen molar-refractivity contribution in [3.05, 3.63) is 0 Å². The normalized spacial score (nSPS) is 24.1. The number of hydrogen-bond donors (Lipinski definition) is 2. The van der Waals surface area contributed by atoms with Crippen LogP contribution >= 0.6 is 0 Å². The molecule has 2 unspecified atom stereocenters. The van der Waals surface area contributed by atoms with Crippen molar-refractivity contribution in [2.45, 2.75) is 65.5 Å². The molecule has 5 nitrogen and oxygen atoms in total. The third kappa shape index (κ3) is 7.45. The van der Waals surface area contributed by atoms with Crippen molar-refractivity contribution in [1.82, 2.24) is 10.6 Å². The number of hydrogen-bond acceptors (Lipinski definition) is 4. The van der Waals surface area contributed by atoms with Gasteiger partial charge in [0.2, 0.25) is 0 Å². The fourth-order valence-electron chi connectivity index (χ4n) is 2.52. The zero-order chi connectivity index (χ0) is 16.8. The molecule has 2 atom stereocenters. The van der Waals surface area contributed by atoms with Gasteiger partial charge in [-0.1, -0.05) is 13.8 Å². The molecule has 130 valence electrons. The number of nitrogens with one attached hydrogen (secondary N) is 2. The maximum Gasteiger partial charge on any atom is 0.407 e. The maximum absolute atomic E-state index is 11.8. The summed E-state index contributed by atoms with van der Waals surface area (Å²) in [5.41, 5.74) is -0.403. The lowest BCUT2D eigenvalue weighted by Gasteiger charge is -2.36. The van der Waals surface area contributed by atoms with E-state index >= 15 is 0 Å². The summed E-state index contributed by atoms with van der Waals surface area (Å²) in [5.74, 6) is 0.849. The standard InChI is InChI=1S/C17H34N2O3/c1-13(2)14(10-18-15(20)22-16(3,4)5)11-19-17(6)8-7-9-21-12-17/h13-14,19H,7-12H2,1-6H3,(H,18,20). The van der Waals surface area contributed by atoms with Crippen molar-refractivity contribution < 1.29 is 14.3 Å². The van der Waals surface area contributed by atoms with Crippen LogP contribution in [0.25, 0.3) is 0 Å². The Morgan fingerprint density at radius 2 is 2.00 bits per heavy atom. The van der Waals surface area contributed by atoms with Gasteiger partial charge in [-0.05, 0) is 52.4 Å². The van der Waals surface area contributed by atoms with E-state index in [4.69, 9.17) is 9.47 Å². The fraction of sp³-hybridized carbons (Fsp3) is 0.941. The molecule has 0 bridgehead atoms. The molecule has 2 N–H and O–H groups in total. The largest absolute Gasteiger partial charge is 0.444 e. The molecule has 0 radical (unpaired) electrons. The van der Waals surface area contributed by atoms with Gasteiger partial charge in [-0.3, -0.25) is 0 Å². The molecule has 0 spiro atoms. The van der Waals surface area contributed by atoms with Crippen LogP contribution < -0.4 is 10.6 Å². The minimum absolute atomic E-state index is 0.0529. The van der Waals surface area contributed by atoms with Gasteiger partial charge in [-0.15, -0.1) is 0 Å². The van der Waals surface area contributed by atoms with E-state index in [0.29, 0.717) is 18.4 Å². The molecule has 1 aliphatic heterocycles. The smallest absolute Gasteiger partial charge is 0.407 e. The Hall–Kier alpha value is -0.810. The van der Waals surface area contributed by atoms with Gasteiger partial charge in [-0.2, -0.15) is 0 Å². The second kappa shape index (κ2) is 8.16. The van der Waals surface area contributed by atoms with Gasteiger partial charge in [0.15, 0.2) is 0 Å². The average Bonchev–Trinajstić information content (AvgIpc) is 2.36. The zero-order valence-corrected chi connectivity index (χ0v) is 15.1. The van der Waals surface area contributed by atoms with Gasteiger partial charge in [0, 0.05) is 25.2 Å². The Labute approximate surface area is 135 Å². The van der Waals surface area contributed by atoms with Crippen LogP contribution in [0.5, 0.6) is 0 Å².